The first-order valence-corrected chi connectivity index (χ1v) is 8.10. The monoisotopic (exact) mass is 300 g/mol. The van der Waals surface area contributed by atoms with Gasteiger partial charge in [0, 0.05) is 24.0 Å². The molecule has 0 saturated carbocycles. The lowest BCUT2D eigenvalue weighted by atomic mass is 10.1. The van der Waals surface area contributed by atoms with Crippen LogP contribution in [0.2, 0.25) is 0 Å². The van der Waals surface area contributed by atoms with E-state index in [1.165, 1.54) is 19.3 Å². The molecule has 0 spiro atoms. The van der Waals surface area contributed by atoms with Gasteiger partial charge in [-0.3, -0.25) is 0 Å². The summed E-state index contributed by atoms with van der Waals surface area (Å²) in [6.45, 7) is 2.22. The maximum atomic E-state index is 11.3. The molecule has 1 aliphatic heterocycles. The fraction of sp³-hybridized carbons (Fsp3) is 0.333. The standard InChI is InChI=1S/C15H16N4OS/c20-14-16-11-5-4-10(8-12(11)17-14)13-9-21-15(18-13)19-6-2-1-3-7-19/h4-5,8-9H,1-3,6-7H2,(H2,16,17,20). The minimum atomic E-state index is -0.172. The molecule has 0 aliphatic carbocycles. The van der Waals surface area contributed by atoms with E-state index in [0.717, 1.165) is 40.5 Å². The van der Waals surface area contributed by atoms with Crippen molar-refractivity contribution in [3.63, 3.8) is 0 Å². The van der Waals surface area contributed by atoms with E-state index in [2.05, 4.69) is 20.2 Å². The minimum absolute atomic E-state index is 0.172. The van der Waals surface area contributed by atoms with Crippen LogP contribution in [-0.2, 0) is 0 Å². The van der Waals surface area contributed by atoms with Gasteiger partial charge in [0.1, 0.15) is 0 Å². The Kier molecular flexibility index (Phi) is 3.03. The van der Waals surface area contributed by atoms with Crippen molar-refractivity contribution >= 4 is 27.5 Å². The Morgan fingerprint density at radius 2 is 1.90 bits per heavy atom. The zero-order valence-corrected chi connectivity index (χ0v) is 12.4. The molecule has 0 atom stereocenters. The van der Waals surface area contributed by atoms with Gasteiger partial charge in [-0.1, -0.05) is 6.07 Å². The molecule has 0 bridgehead atoms. The summed E-state index contributed by atoms with van der Waals surface area (Å²) in [5, 5.41) is 3.20. The van der Waals surface area contributed by atoms with E-state index >= 15 is 0 Å². The second kappa shape index (κ2) is 5.04. The van der Waals surface area contributed by atoms with Crippen molar-refractivity contribution in [2.45, 2.75) is 19.3 Å². The van der Waals surface area contributed by atoms with E-state index < -0.39 is 0 Å². The third-order valence-corrected chi connectivity index (χ3v) is 4.83. The number of imidazole rings is 1. The summed E-state index contributed by atoms with van der Waals surface area (Å²) in [7, 11) is 0. The van der Waals surface area contributed by atoms with Crippen LogP contribution in [0.5, 0.6) is 0 Å². The van der Waals surface area contributed by atoms with Crippen molar-refractivity contribution in [3.05, 3.63) is 34.1 Å². The van der Waals surface area contributed by atoms with Crippen molar-refractivity contribution in [3.8, 4) is 11.3 Å². The third-order valence-electron chi connectivity index (χ3n) is 3.93. The lowest BCUT2D eigenvalue weighted by molar-refractivity contribution is 0.577. The van der Waals surface area contributed by atoms with Gasteiger partial charge in [-0.2, -0.15) is 0 Å². The van der Waals surface area contributed by atoms with Gasteiger partial charge in [-0.25, -0.2) is 9.78 Å². The average molecular weight is 300 g/mol. The molecule has 4 rings (SSSR count). The molecule has 1 aromatic carbocycles. The fourth-order valence-electron chi connectivity index (χ4n) is 2.82. The summed E-state index contributed by atoms with van der Waals surface area (Å²) < 4.78 is 0. The van der Waals surface area contributed by atoms with Crippen molar-refractivity contribution in [1.82, 2.24) is 15.0 Å². The van der Waals surface area contributed by atoms with Crippen molar-refractivity contribution in [2.24, 2.45) is 0 Å². The Morgan fingerprint density at radius 3 is 2.76 bits per heavy atom. The highest BCUT2D eigenvalue weighted by molar-refractivity contribution is 7.14. The maximum absolute atomic E-state index is 11.3. The van der Waals surface area contributed by atoms with E-state index in [4.69, 9.17) is 4.98 Å². The van der Waals surface area contributed by atoms with Gasteiger partial charge in [-0.15, -0.1) is 11.3 Å². The zero-order valence-electron chi connectivity index (χ0n) is 11.6. The molecule has 5 nitrogen and oxygen atoms in total. The van der Waals surface area contributed by atoms with Crippen molar-refractivity contribution in [1.29, 1.82) is 0 Å². The number of rotatable bonds is 2. The van der Waals surface area contributed by atoms with Crippen LogP contribution < -0.4 is 10.6 Å². The van der Waals surface area contributed by atoms with Crippen LogP contribution in [0.1, 0.15) is 19.3 Å². The Bertz CT molecular complexity index is 825. The lowest BCUT2D eigenvalue weighted by Crippen LogP contribution is -2.29. The van der Waals surface area contributed by atoms with Gasteiger partial charge in [0.25, 0.3) is 0 Å². The van der Waals surface area contributed by atoms with Gasteiger partial charge >= 0.3 is 5.69 Å². The summed E-state index contributed by atoms with van der Waals surface area (Å²) in [6.07, 6.45) is 3.84. The number of hydrogen-bond donors (Lipinski definition) is 2. The minimum Gasteiger partial charge on any atom is -0.348 e. The fourth-order valence-corrected chi connectivity index (χ4v) is 3.71. The van der Waals surface area contributed by atoms with E-state index in [-0.39, 0.29) is 5.69 Å². The highest BCUT2D eigenvalue weighted by atomic mass is 32.1. The molecule has 108 valence electrons. The lowest BCUT2D eigenvalue weighted by Gasteiger charge is -2.25. The normalized spacial score (nSPS) is 15.7. The molecule has 3 aromatic rings. The van der Waals surface area contributed by atoms with Crippen molar-refractivity contribution < 1.29 is 0 Å². The van der Waals surface area contributed by atoms with E-state index in [0.29, 0.717) is 0 Å². The summed E-state index contributed by atoms with van der Waals surface area (Å²) in [5.41, 5.74) is 3.50. The highest BCUT2D eigenvalue weighted by Gasteiger charge is 2.15. The summed E-state index contributed by atoms with van der Waals surface area (Å²) in [5.74, 6) is 0. The number of aromatic amines is 2. The quantitative estimate of drug-likeness (QED) is 0.764. The first kappa shape index (κ1) is 12.6. The largest absolute Gasteiger partial charge is 0.348 e. The maximum Gasteiger partial charge on any atom is 0.323 e. The molecule has 0 radical (unpaired) electrons. The zero-order chi connectivity index (χ0) is 14.2. The third kappa shape index (κ3) is 2.35. The van der Waals surface area contributed by atoms with E-state index in [1.54, 1.807) is 11.3 Å². The molecule has 0 amide bonds. The summed E-state index contributed by atoms with van der Waals surface area (Å²) in [4.78, 5) is 24.0. The van der Waals surface area contributed by atoms with Crippen LogP contribution in [0.15, 0.2) is 28.4 Å². The molecule has 21 heavy (non-hydrogen) atoms. The topological polar surface area (TPSA) is 64.8 Å². The SMILES string of the molecule is O=c1[nH]c2ccc(-c3csc(N4CCCCC4)n3)cc2[nH]1. The van der Waals surface area contributed by atoms with Gasteiger partial charge in [0.2, 0.25) is 0 Å². The van der Waals surface area contributed by atoms with Crippen LogP contribution >= 0.6 is 11.3 Å². The predicted octanol–water partition coefficient (Wildman–Crippen LogP) is 2.97. The number of aromatic nitrogens is 3. The van der Waals surface area contributed by atoms with Crippen molar-refractivity contribution in [2.75, 3.05) is 18.0 Å². The number of fused-ring (bicyclic) bond motifs is 1. The number of benzene rings is 1. The number of hydrogen-bond acceptors (Lipinski definition) is 4. The molecule has 2 N–H and O–H groups in total. The number of thiazole rings is 1. The Labute approximate surface area is 125 Å². The molecule has 1 aliphatic rings. The van der Waals surface area contributed by atoms with E-state index in [9.17, 15) is 4.79 Å². The predicted molar refractivity (Wildman–Crippen MR) is 86.1 cm³/mol. The second-order valence-electron chi connectivity index (χ2n) is 5.40. The average Bonchev–Trinajstić information content (AvgIpc) is 3.12. The molecule has 6 heteroatoms. The molecule has 2 aromatic heterocycles. The first-order chi connectivity index (χ1) is 10.3. The highest BCUT2D eigenvalue weighted by Crippen LogP contribution is 2.30. The Hall–Kier alpha value is -2.08. The van der Waals surface area contributed by atoms with Crippen LogP contribution in [-0.4, -0.2) is 28.0 Å². The number of nitrogens with one attached hydrogen (secondary N) is 2. The first-order valence-electron chi connectivity index (χ1n) is 7.22. The second-order valence-corrected chi connectivity index (χ2v) is 6.24. The van der Waals surface area contributed by atoms with Crippen LogP contribution in [0.25, 0.3) is 22.3 Å². The van der Waals surface area contributed by atoms with Gasteiger partial charge in [0.15, 0.2) is 5.13 Å². The number of anilines is 1. The molecule has 3 heterocycles. The number of piperidine rings is 1. The van der Waals surface area contributed by atoms with Gasteiger partial charge < -0.3 is 14.9 Å². The molecule has 0 unspecified atom stereocenters. The Morgan fingerprint density at radius 1 is 1.10 bits per heavy atom. The number of nitrogens with zero attached hydrogens (tertiary/aromatic N) is 2. The summed E-state index contributed by atoms with van der Waals surface area (Å²) in [6, 6.07) is 5.89. The molecule has 1 fully saturated rings. The van der Waals surface area contributed by atoms with Crippen LogP contribution in [0.3, 0.4) is 0 Å². The summed E-state index contributed by atoms with van der Waals surface area (Å²) >= 11 is 1.70. The number of H-pyrrole nitrogens is 2. The van der Waals surface area contributed by atoms with Crippen LogP contribution in [0, 0.1) is 0 Å². The van der Waals surface area contributed by atoms with Crippen LogP contribution in [0.4, 0.5) is 5.13 Å². The van der Waals surface area contributed by atoms with E-state index in [1.807, 2.05) is 18.2 Å². The Balaban J connectivity index is 1.68. The van der Waals surface area contributed by atoms with Gasteiger partial charge in [-0.05, 0) is 31.4 Å². The smallest absolute Gasteiger partial charge is 0.323 e. The molecular formula is C15H16N4OS. The molecular weight excluding hydrogens is 284 g/mol. The van der Waals surface area contributed by atoms with Gasteiger partial charge in [0.05, 0.1) is 16.7 Å². The molecule has 1 saturated heterocycles.